The highest BCUT2D eigenvalue weighted by Gasteiger charge is 2.46. The number of anilines is 1. The van der Waals surface area contributed by atoms with Crippen molar-refractivity contribution in [2.45, 2.75) is 24.3 Å². The van der Waals surface area contributed by atoms with Crippen LogP contribution < -0.4 is 5.73 Å². The van der Waals surface area contributed by atoms with E-state index >= 15 is 0 Å². The van der Waals surface area contributed by atoms with E-state index in [2.05, 4.69) is 0 Å². The Bertz CT molecular complexity index is 640. The van der Waals surface area contributed by atoms with Gasteiger partial charge in [0, 0.05) is 25.8 Å². The van der Waals surface area contributed by atoms with Crippen molar-refractivity contribution in [1.29, 1.82) is 0 Å². The van der Waals surface area contributed by atoms with Crippen LogP contribution in [0.4, 0.5) is 5.69 Å². The number of piperazine rings is 1. The van der Waals surface area contributed by atoms with Gasteiger partial charge in [-0.3, -0.25) is 4.79 Å². The van der Waals surface area contributed by atoms with Crippen molar-refractivity contribution in [1.82, 2.24) is 9.21 Å². The van der Waals surface area contributed by atoms with Crippen LogP contribution in [0.1, 0.15) is 13.8 Å². The summed E-state index contributed by atoms with van der Waals surface area (Å²) in [6.45, 7) is 3.89. The molecule has 0 spiro atoms. The zero-order chi connectivity index (χ0) is 15.1. The van der Waals surface area contributed by atoms with Crippen molar-refractivity contribution in [3.05, 3.63) is 24.3 Å². The highest BCUT2D eigenvalue weighted by molar-refractivity contribution is 7.89. The molecule has 0 bridgehead atoms. The van der Waals surface area contributed by atoms with Crippen molar-refractivity contribution >= 4 is 21.6 Å². The molecule has 1 saturated heterocycles. The molecule has 2 rings (SSSR count). The van der Waals surface area contributed by atoms with E-state index < -0.39 is 15.6 Å². The lowest BCUT2D eigenvalue weighted by Crippen LogP contribution is -2.63. The molecule has 0 unspecified atom stereocenters. The Labute approximate surface area is 119 Å². The number of benzene rings is 1. The zero-order valence-corrected chi connectivity index (χ0v) is 12.6. The van der Waals surface area contributed by atoms with Gasteiger partial charge in [-0.1, -0.05) is 6.07 Å². The van der Waals surface area contributed by atoms with Gasteiger partial charge < -0.3 is 10.6 Å². The molecule has 1 aliphatic heterocycles. The Morgan fingerprint density at radius 2 is 1.90 bits per heavy atom. The third-order valence-electron chi connectivity index (χ3n) is 3.58. The normalized spacial score (nSPS) is 20.1. The smallest absolute Gasteiger partial charge is 0.244 e. The summed E-state index contributed by atoms with van der Waals surface area (Å²) >= 11 is 0. The average Bonchev–Trinajstić information content (AvgIpc) is 2.35. The molecule has 2 N–H and O–H groups in total. The van der Waals surface area contributed by atoms with Crippen molar-refractivity contribution in [2.24, 2.45) is 0 Å². The first kappa shape index (κ1) is 14.8. The number of rotatable bonds is 2. The highest BCUT2D eigenvalue weighted by atomic mass is 32.2. The van der Waals surface area contributed by atoms with Gasteiger partial charge in [0.1, 0.15) is 5.54 Å². The lowest BCUT2D eigenvalue weighted by Gasteiger charge is -2.43. The number of sulfonamides is 1. The summed E-state index contributed by atoms with van der Waals surface area (Å²) in [6, 6.07) is 6.12. The Morgan fingerprint density at radius 1 is 1.25 bits per heavy atom. The molecule has 0 aromatic heterocycles. The summed E-state index contributed by atoms with van der Waals surface area (Å²) in [5, 5.41) is 0. The van der Waals surface area contributed by atoms with Crippen LogP contribution in [0, 0.1) is 0 Å². The van der Waals surface area contributed by atoms with Crippen molar-refractivity contribution in [2.75, 3.05) is 25.9 Å². The minimum atomic E-state index is -3.74. The maximum Gasteiger partial charge on any atom is 0.244 e. The Kier molecular flexibility index (Phi) is 3.51. The van der Waals surface area contributed by atoms with E-state index in [0.29, 0.717) is 12.2 Å². The summed E-state index contributed by atoms with van der Waals surface area (Å²) in [5.74, 6) is -0.212. The first-order valence-electron chi connectivity index (χ1n) is 6.31. The predicted molar refractivity (Wildman–Crippen MR) is 76.5 cm³/mol. The molecule has 1 aliphatic rings. The third kappa shape index (κ3) is 2.27. The third-order valence-corrected chi connectivity index (χ3v) is 5.65. The van der Waals surface area contributed by atoms with E-state index in [-0.39, 0.29) is 17.3 Å². The monoisotopic (exact) mass is 297 g/mol. The number of nitrogen functional groups attached to an aromatic ring is 1. The number of nitrogens with two attached hydrogens (primary N) is 1. The van der Waals surface area contributed by atoms with Crippen molar-refractivity contribution < 1.29 is 13.2 Å². The van der Waals surface area contributed by atoms with Gasteiger partial charge in [-0.2, -0.15) is 4.31 Å². The number of likely N-dealkylation sites (N-methyl/N-ethyl adjacent to an activating group) is 1. The molecule has 1 amide bonds. The minimum absolute atomic E-state index is 0.114. The average molecular weight is 297 g/mol. The van der Waals surface area contributed by atoms with Crippen LogP contribution >= 0.6 is 0 Å². The van der Waals surface area contributed by atoms with E-state index in [4.69, 9.17) is 5.73 Å². The SMILES string of the molecule is CN1CCN(S(=O)(=O)c2cccc(N)c2)C(C)(C)C1=O. The Morgan fingerprint density at radius 3 is 2.50 bits per heavy atom. The fraction of sp³-hybridized carbons (Fsp3) is 0.462. The first-order valence-corrected chi connectivity index (χ1v) is 7.75. The number of hydrogen-bond acceptors (Lipinski definition) is 4. The standard InChI is InChI=1S/C13H19N3O3S/c1-13(2)12(17)15(3)7-8-16(13)20(18,19)11-6-4-5-10(14)9-11/h4-6,9H,7-8,14H2,1-3H3. The summed E-state index contributed by atoms with van der Waals surface area (Å²) in [6.07, 6.45) is 0. The molecule has 0 atom stereocenters. The minimum Gasteiger partial charge on any atom is -0.399 e. The second-order valence-electron chi connectivity index (χ2n) is 5.44. The highest BCUT2D eigenvalue weighted by Crippen LogP contribution is 2.29. The van der Waals surface area contributed by atoms with Gasteiger partial charge in [-0.05, 0) is 32.0 Å². The van der Waals surface area contributed by atoms with Gasteiger partial charge in [0.25, 0.3) is 0 Å². The number of amides is 1. The molecule has 6 nitrogen and oxygen atoms in total. The van der Waals surface area contributed by atoms with Gasteiger partial charge in [-0.25, -0.2) is 8.42 Å². The van der Waals surface area contributed by atoms with Crippen LogP contribution in [-0.2, 0) is 14.8 Å². The van der Waals surface area contributed by atoms with Crippen LogP contribution in [0.3, 0.4) is 0 Å². The number of hydrogen-bond donors (Lipinski definition) is 1. The van der Waals surface area contributed by atoms with Crippen molar-refractivity contribution in [3.8, 4) is 0 Å². The maximum atomic E-state index is 12.7. The Hall–Kier alpha value is -1.60. The van der Waals surface area contributed by atoms with Crippen LogP contribution in [-0.4, -0.2) is 49.2 Å². The summed E-state index contributed by atoms with van der Waals surface area (Å²) in [5.41, 5.74) is 4.92. The molecule has 0 radical (unpaired) electrons. The van der Waals surface area contributed by atoms with Crippen LogP contribution in [0.25, 0.3) is 0 Å². The Balaban J connectivity index is 2.47. The molecule has 1 fully saturated rings. The topological polar surface area (TPSA) is 83.7 Å². The summed E-state index contributed by atoms with van der Waals surface area (Å²) in [4.78, 5) is 13.9. The van der Waals surface area contributed by atoms with Crippen LogP contribution in [0.15, 0.2) is 29.2 Å². The zero-order valence-electron chi connectivity index (χ0n) is 11.8. The second-order valence-corrected chi connectivity index (χ2v) is 7.30. The summed E-state index contributed by atoms with van der Waals surface area (Å²) < 4.78 is 26.7. The summed E-state index contributed by atoms with van der Waals surface area (Å²) in [7, 11) is -2.07. The van der Waals surface area contributed by atoms with Gasteiger partial charge >= 0.3 is 0 Å². The van der Waals surface area contributed by atoms with Crippen LogP contribution in [0.2, 0.25) is 0 Å². The number of carbonyl (C=O) groups is 1. The molecular weight excluding hydrogens is 278 g/mol. The van der Waals surface area contributed by atoms with Gasteiger partial charge in [0.05, 0.1) is 4.90 Å². The van der Waals surface area contributed by atoms with Gasteiger partial charge in [0.15, 0.2) is 0 Å². The maximum absolute atomic E-state index is 12.7. The largest absolute Gasteiger partial charge is 0.399 e. The van der Waals surface area contributed by atoms with Gasteiger partial charge in [0.2, 0.25) is 15.9 Å². The van der Waals surface area contributed by atoms with E-state index in [1.165, 1.54) is 16.4 Å². The molecule has 0 aliphatic carbocycles. The molecule has 7 heteroatoms. The molecule has 1 aromatic carbocycles. The van der Waals surface area contributed by atoms with E-state index in [0.717, 1.165) is 0 Å². The van der Waals surface area contributed by atoms with E-state index in [1.807, 2.05) is 0 Å². The quantitative estimate of drug-likeness (QED) is 0.806. The van der Waals surface area contributed by atoms with E-state index in [1.54, 1.807) is 37.9 Å². The molecule has 1 aromatic rings. The molecule has 0 saturated carbocycles. The van der Waals surface area contributed by atoms with Gasteiger partial charge in [-0.15, -0.1) is 0 Å². The van der Waals surface area contributed by atoms with Crippen molar-refractivity contribution in [3.63, 3.8) is 0 Å². The predicted octanol–water partition coefficient (Wildman–Crippen LogP) is 0.510. The molecular formula is C13H19N3O3S. The first-order chi connectivity index (χ1) is 9.17. The van der Waals surface area contributed by atoms with E-state index in [9.17, 15) is 13.2 Å². The molecule has 20 heavy (non-hydrogen) atoms. The molecule has 1 heterocycles. The second kappa shape index (κ2) is 4.75. The lowest BCUT2D eigenvalue weighted by atomic mass is 10.0. The number of carbonyl (C=O) groups excluding carboxylic acids is 1. The van der Waals surface area contributed by atoms with Crippen LogP contribution in [0.5, 0.6) is 0 Å². The number of nitrogens with zero attached hydrogens (tertiary/aromatic N) is 2. The fourth-order valence-electron chi connectivity index (χ4n) is 2.42. The fourth-order valence-corrected chi connectivity index (χ4v) is 4.21. The lowest BCUT2D eigenvalue weighted by molar-refractivity contribution is -0.142. The molecule has 110 valence electrons.